The predicted molar refractivity (Wildman–Crippen MR) is 157 cm³/mol. The molecular weight excluding hydrogens is 472 g/mol. The zero-order chi connectivity index (χ0) is 26.7. The molecule has 0 N–H and O–H groups in total. The van der Waals surface area contributed by atoms with E-state index in [4.69, 9.17) is 13.9 Å². The van der Waals surface area contributed by atoms with Gasteiger partial charge in [0.15, 0.2) is 5.79 Å². The Balaban J connectivity index is 1.43. The third-order valence-electron chi connectivity index (χ3n) is 9.02. The van der Waals surface area contributed by atoms with E-state index >= 15 is 0 Å². The second kappa shape index (κ2) is 11.2. The first-order valence-corrected chi connectivity index (χ1v) is 16.1. The lowest BCUT2D eigenvalue weighted by molar-refractivity contribution is -0.145. The molecule has 202 valence electrons. The van der Waals surface area contributed by atoms with E-state index in [-0.39, 0.29) is 5.04 Å². The Morgan fingerprint density at radius 3 is 1.97 bits per heavy atom. The zero-order valence-corrected chi connectivity index (χ0v) is 25.2. The van der Waals surface area contributed by atoms with Crippen molar-refractivity contribution in [1.29, 1.82) is 0 Å². The van der Waals surface area contributed by atoms with Crippen LogP contribution in [0.1, 0.15) is 74.1 Å². The summed E-state index contributed by atoms with van der Waals surface area (Å²) in [5.74, 6) is 0.910. The number of hydrogen-bond donors (Lipinski definition) is 0. The van der Waals surface area contributed by atoms with Crippen LogP contribution >= 0.6 is 0 Å². The summed E-state index contributed by atoms with van der Waals surface area (Å²) >= 11 is 0. The molecule has 2 aromatic rings. The molecule has 2 fully saturated rings. The monoisotopic (exact) mass is 520 g/mol. The first-order chi connectivity index (χ1) is 17.5. The van der Waals surface area contributed by atoms with Crippen molar-refractivity contribution in [1.82, 2.24) is 0 Å². The topological polar surface area (TPSA) is 27.7 Å². The Hall–Kier alpha value is -1.72. The highest BCUT2D eigenvalue weighted by Gasteiger charge is 2.59. The van der Waals surface area contributed by atoms with Gasteiger partial charge in [-0.2, -0.15) is 0 Å². The highest BCUT2D eigenvalue weighted by Crippen LogP contribution is 2.61. The molecule has 2 aliphatic rings. The molecule has 1 saturated heterocycles. The van der Waals surface area contributed by atoms with Gasteiger partial charge in [-0.1, -0.05) is 107 Å². The fraction of sp³-hybridized carbons (Fsp3) is 0.576. The van der Waals surface area contributed by atoms with Crippen molar-refractivity contribution in [2.75, 3.05) is 19.8 Å². The normalized spacial score (nSPS) is 23.3. The first kappa shape index (κ1) is 28.3. The first-order valence-electron chi connectivity index (χ1n) is 14.2. The Labute approximate surface area is 226 Å². The highest BCUT2D eigenvalue weighted by atomic mass is 28.4. The molecule has 0 spiro atoms. The molecular formula is C33H48O3Si. The molecule has 4 rings (SSSR count). The van der Waals surface area contributed by atoms with Gasteiger partial charge in [-0.25, -0.2) is 0 Å². The van der Waals surface area contributed by atoms with Gasteiger partial charge < -0.3 is 13.9 Å². The van der Waals surface area contributed by atoms with Crippen molar-refractivity contribution < 1.29 is 13.9 Å². The fourth-order valence-corrected chi connectivity index (χ4v) is 11.1. The van der Waals surface area contributed by atoms with E-state index in [0.717, 1.165) is 25.9 Å². The maximum Gasteiger partial charge on any atom is 0.261 e. The summed E-state index contributed by atoms with van der Waals surface area (Å²) in [6, 6.07) is 22.0. The van der Waals surface area contributed by atoms with Gasteiger partial charge in [0, 0.05) is 13.0 Å². The molecule has 0 radical (unpaired) electrons. The van der Waals surface area contributed by atoms with E-state index < -0.39 is 14.1 Å². The van der Waals surface area contributed by atoms with E-state index in [1.165, 1.54) is 22.4 Å². The van der Waals surface area contributed by atoms with Crippen LogP contribution < -0.4 is 10.4 Å². The Kier molecular flexibility index (Phi) is 8.54. The average molecular weight is 521 g/mol. The quantitative estimate of drug-likeness (QED) is 0.233. The number of allylic oxidation sites excluding steroid dienone is 2. The third kappa shape index (κ3) is 6.14. The van der Waals surface area contributed by atoms with Crippen LogP contribution in [0.15, 0.2) is 72.3 Å². The minimum Gasteiger partial charge on any atom is -0.407 e. The molecule has 0 bridgehead atoms. The molecule has 0 aromatic heterocycles. The predicted octanol–water partition coefficient (Wildman–Crippen LogP) is 7.10. The molecule has 2 atom stereocenters. The lowest BCUT2D eigenvalue weighted by Crippen LogP contribution is -2.66. The number of ether oxygens (including phenoxy) is 2. The van der Waals surface area contributed by atoms with Gasteiger partial charge in [0.25, 0.3) is 8.32 Å². The van der Waals surface area contributed by atoms with Crippen molar-refractivity contribution in [3.8, 4) is 0 Å². The van der Waals surface area contributed by atoms with E-state index in [9.17, 15) is 0 Å². The van der Waals surface area contributed by atoms with Gasteiger partial charge in [0.1, 0.15) is 0 Å². The summed E-state index contributed by atoms with van der Waals surface area (Å²) in [7, 11) is -2.48. The standard InChI is InChI=1S/C33H48O3Si/c1-26(15-14-22-33(7)34-23-24-35-33)20-21-29-30(32(29,5)6)25-36-37(31(2,3)4,27-16-10-8-11-17-27)28-18-12-9-13-19-28/h8-13,15-19,29-30H,14,20-25H2,1-7H3/b26-15-/t29-,30-/m0/s1. The maximum atomic E-state index is 7.29. The summed E-state index contributed by atoms with van der Waals surface area (Å²) in [5, 5.41) is 2.75. The van der Waals surface area contributed by atoms with Gasteiger partial charge in [-0.05, 0) is 65.8 Å². The molecule has 1 heterocycles. The minimum absolute atomic E-state index is 0.0208. The van der Waals surface area contributed by atoms with E-state index in [0.29, 0.717) is 30.5 Å². The summed E-state index contributed by atoms with van der Waals surface area (Å²) in [5.41, 5.74) is 1.81. The molecule has 1 saturated carbocycles. The van der Waals surface area contributed by atoms with Crippen LogP contribution in [0, 0.1) is 17.3 Å². The van der Waals surface area contributed by atoms with Crippen molar-refractivity contribution >= 4 is 18.7 Å². The van der Waals surface area contributed by atoms with Crippen molar-refractivity contribution in [3.63, 3.8) is 0 Å². The molecule has 0 amide bonds. The summed E-state index contributed by atoms with van der Waals surface area (Å²) in [6.45, 7) is 18.6. The molecule has 1 aliphatic carbocycles. The van der Waals surface area contributed by atoms with Gasteiger partial charge in [0.05, 0.1) is 13.2 Å². The van der Waals surface area contributed by atoms with Gasteiger partial charge >= 0.3 is 0 Å². The molecule has 0 unspecified atom stereocenters. The number of benzene rings is 2. The summed E-state index contributed by atoms with van der Waals surface area (Å²) in [4.78, 5) is 0. The Bertz CT molecular complexity index is 993. The van der Waals surface area contributed by atoms with Gasteiger partial charge in [-0.3, -0.25) is 0 Å². The van der Waals surface area contributed by atoms with Crippen molar-refractivity contribution in [2.24, 2.45) is 17.3 Å². The fourth-order valence-electron chi connectivity index (χ4n) is 6.51. The highest BCUT2D eigenvalue weighted by molar-refractivity contribution is 6.99. The average Bonchev–Trinajstić information content (AvgIpc) is 3.13. The van der Waals surface area contributed by atoms with Crippen LogP contribution in [-0.4, -0.2) is 33.9 Å². The molecule has 3 nitrogen and oxygen atoms in total. The largest absolute Gasteiger partial charge is 0.407 e. The minimum atomic E-state index is -2.48. The zero-order valence-electron chi connectivity index (χ0n) is 24.2. The lowest BCUT2D eigenvalue weighted by atomic mass is 10.0. The van der Waals surface area contributed by atoms with Crippen LogP contribution in [0.3, 0.4) is 0 Å². The van der Waals surface area contributed by atoms with E-state index in [1.54, 1.807) is 0 Å². The Morgan fingerprint density at radius 1 is 0.919 bits per heavy atom. The van der Waals surface area contributed by atoms with Crippen LogP contribution in [0.4, 0.5) is 0 Å². The smallest absolute Gasteiger partial charge is 0.261 e. The molecule has 1 aliphatic heterocycles. The van der Waals surface area contributed by atoms with Gasteiger partial charge in [-0.15, -0.1) is 0 Å². The SMILES string of the molecule is C/C(=C/CCC1(C)OCCO1)CC[C@H]1[C@H](CO[Si](c2ccccc2)(c2ccccc2)C(C)(C)C)C1(C)C. The maximum absolute atomic E-state index is 7.29. The molecule has 2 aromatic carbocycles. The third-order valence-corrected chi connectivity index (χ3v) is 14.0. The number of rotatable bonds is 11. The lowest BCUT2D eigenvalue weighted by Gasteiger charge is -2.43. The summed E-state index contributed by atoms with van der Waals surface area (Å²) < 4.78 is 18.8. The molecule has 37 heavy (non-hydrogen) atoms. The number of hydrogen-bond acceptors (Lipinski definition) is 3. The van der Waals surface area contributed by atoms with E-state index in [2.05, 4.69) is 115 Å². The molecule has 4 heteroatoms. The van der Waals surface area contributed by atoms with Crippen LogP contribution in [0.25, 0.3) is 0 Å². The second-order valence-corrected chi connectivity index (χ2v) is 17.3. The van der Waals surface area contributed by atoms with Crippen molar-refractivity contribution in [3.05, 3.63) is 72.3 Å². The van der Waals surface area contributed by atoms with Crippen LogP contribution in [0.5, 0.6) is 0 Å². The summed E-state index contributed by atoms with van der Waals surface area (Å²) in [6.07, 6.45) is 6.71. The Morgan fingerprint density at radius 2 is 1.46 bits per heavy atom. The second-order valence-electron chi connectivity index (χ2n) is 13.0. The van der Waals surface area contributed by atoms with Crippen LogP contribution in [-0.2, 0) is 13.9 Å². The van der Waals surface area contributed by atoms with E-state index in [1.807, 2.05) is 0 Å². The van der Waals surface area contributed by atoms with Crippen molar-refractivity contribution in [2.45, 2.75) is 85.0 Å². The van der Waals surface area contributed by atoms with Gasteiger partial charge in [0.2, 0.25) is 0 Å². The van der Waals surface area contributed by atoms with Crippen LogP contribution in [0.2, 0.25) is 5.04 Å².